The molecule has 12 heteroatoms. The maximum atomic E-state index is 12.9. The lowest BCUT2D eigenvalue weighted by Gasteiger charge is -2.28. The van der Waals surface area contributed by atoms with Gasteiger partial charge in [0.25, 0.3) is 0 Å². The monoisotopic (exact) mass is 599 g/mol. The molecule has 0 radical (unpaired) electrons. The first-order chi connectivity index (χ1) is 20.2. The fourth-order valence-corrected chi connectivity index (χ4v) is 6.13. The zero-order chi connectivity index (χ0) is 29.7. The number of benzene rings is 1. The van der Waals surface area contributed by atoms with E-state index in [-0.39, 0.29) is 23.4 Å². The van der Waals surface area contributed by atoms with Crippen LogP contribution in [0, 0.1) is 17.2 Å². The third-order valence-electron chi connectivity index (χ3n) is 7.82. The van der Waals surface area contributed by atoms with Crippen LogP contribution in [0.5, 0.6) is 0 Å². The highest BCUT2D eigenvalue weighted by molar-refractivity contribution is 7.85. The molecule has 222 valence electrons. The first kappa shape index (κ1) is 29.8. The second-order valence-corrected chi connectivity index (χ2v) is 12.6. The Labute approximate surface area is 244 Å². The maximum Gasteiger partial charge on any atom is 0.416 e. The molecule has 1 saturated heterocycles. The van der Waals surface area contributed by atoms with Gasteiger partial charge in [0, 0.05) is 58.8 Å². The second-order valence-electron chi connectivity index (χ2n) is 10.9. The van der Waals surface area contributed by atoms with Crippen molar-refractivity contribution in [3.8, 4) is 28.9 Å². The van der Waals surface area contributed by atoms with E-state index < -0.39 is 28.1 Å². The standard InChI is InChI=1S/C19H16F3N3O2S.C11H16N2O/c20-19(21,22)14-5-6-23-16(11-14)18-24-17(12-27-18)13-1-3-15(4-2-13)25-7-9-28(26)10-8-25;12-8-11(6-7-11)13-10(14)9-4-2-1-3-5-9/h1-6,11-12H,7-10H2;9H,1-7H2,(H,13,14). The van der Waals surface area contributed by atoms with Gasteiger partial charge in [-0.25, -0.2) is 4.98 Å². The van der Waals surface area contributed by atoms with E-state index in [1.807, 2.05) is 24.3 Å². The lowest BCUT2D eigenvalue weighted by atomic mass is 9.88. The van der Waals surface area contributed by atoms with Crippen LogP contribution in [0.25, 0.3) is 22.8 Å². The number of halogens is 3. The second kappa shape index (κ2) is 12.7. The molecule has 6 rings (SSSR count). The largest absolute Gasteiger partial charge is 0.443 e. The molecule has 3 heterocycles. The van der Waals surface area contributed by atoms with Crippen molar-refractivity contribution in [2.45, 2.75) is 56.7 Å². The van der Waals surface area contributed by atoms with Gasteiger partial charge in [0.05, 0.1) is 11.6 Å². The van der Waals surface area contributed by atoms with Crippen molar-refractivity contribution in [3.63, 3.8) is 0 Å². The summed E-state index contributed by atoms with van der Waals surface area (Å²) in [5, 5.41) is 11.7. The Morgan fingerprint density at radius 1 is 1.07 bits per heavy atom. The summed E-state index contributed by atoms with van der Waals surface area (Å²) in [6.07, 6.45) is 5.30. The number of oxazole rings is 1. The topological polar surface area (TPSA) is 112 Å². The fourth-order valence-electron chi connectivity index (χ4n) is 5.08. The Morgan fingerprint density at radius 3 is 2.38 bits per heavy atom. The summed E-state index contributed by atoms with van der Waals surface area (Å²) in [6, 6.07) is 11.7. The predicted octanol–water partition coefficient (Wildman–Crippen LogP) is 5.73. The van der Waals surface area contributed by atoms with Crippen molar-refractivity contribution < 1.29 is 26.6 Å². The normalized spacial score (nSPS) is 18.9. The van der Waals surface area contributed by atoms with Gasteiger partial charge in [-0.1, -0.05) is 31.4 Å². The molecule has 1 aliphatic heterocycles. The van der Waals surface area contributed by atoms with Crippen LogP contribution in [0.15, 0.2) is 53.3 Å². The Balaban J connectivity index is 0.000000211. The average molecular weight is 600 g/mol. The molecule has 3 aromatic rings. The molecule has 2 aromatic heterocycles. The summed E-state index contributed by atoms with van der Waals surface area (Å²) in [5.74, 6) is 1.65. The molecule has 2 aliphatic carbocycles. The molecule has 1 aromatic carbocycles. The van der Waals surface area contributed by atoms with Crippen LogP contribution in [0.3, 0.4) is 0 Å². The smallest absolute Gasteiger partial charge is 0.416 e. The van der Waals surface area contributed by atoms with Crippen LogP contribution in [0.1, 0.15) is 50.5 Å². The third kappa shape index (κ3) is 7.37. The number of carbonyl (C=O) groups excluding carboxylic acids is 1. The number of carbonyl (C=O) groups is 1. The highest BCUT2D eigenvalue weighted by atomic mass is 32.2. The summed E-state index contributed by atoms with van der Waals surface area (Å²) >= 11 is 0. The van der Waals surface area contributed by atoms with Crippen LogP contribution >= 0.6 is 0 Å². The lowest BCUT2D eigenvalue weighted by Crippen LogP contribution is -2.40. The Morgan fingerprint density at radius 2 is 1.76 bits per heavy atom. The summed E-state index contributed by atoms with van der Waals surface area (Å²) < 4.78 is 55.4. The van der Waals surface area contributed by atoms with E-state index in [0.29, 0.717) is 17.2 Å². The molecule has 8 nitrogen and oxygen atoms in total. The first-order valence-electron chi connectivity index (χ1n) is 14.1. The molecule has 3 fully saturated rings. The van der Waals surface area contributed by atoms with Gasteiger partial charge in [-0.3, -0.25) is 14.0 Å². The van der Waals surface area contributed by atoms with Crippen LogP contribution in [0.2, 0.25) is 0 Å². The minimum Gasteiger partial charge on any atom is -0.443 e. The number of hydrogen-bond acceptors (Lipinski definition) is 7. The molecule has 3 aliphatic rings. The van der Waals surface area contributed by atoms with Crippen LogP contribution in [0.4, 0.5) is 18.9 Å². The molecular formula is C30H32F3N5O3S. The van der Waals surface area contributed by atoms with Crippen molar-refractivity contribution in [2.75, 3.05) is 29.5 Å². The Kier molecular flexibility index (Phi) is 8.96. The molecule has 2 saturated carbocycles. The summed E-state index contributed by atoms with van der Waals surface area (Å²) in [6.45, 7) is 1.50. The van der Waals surface area contributed by atoms with Gasteiger partial charge in [-0.05, 0) is 49.9 Å². The SMILES string of the molecule is N#CC1(NC(=O)C2CCCCC2)CC1.O=S1CCN(c2ccc(-c3coc(-c4cc(C(F)(F)F)ccn4)n3)cc2)CC1. The number of amides is 1. The van der Waals surface area contributed by atoms with Gasteiger partial charge in [-0.2, -0.15) is 18.4 Å². The number of nitrogens with one attached hydrogen (secondary N) is 1. The minimum atomic E-state index is -4.45. The summed E-state index contributed by atoms with van der Waals surface area (Å²) in [7, 11) is -0.732. The van der Waals surface area contributed by atoms with Gasteiger partial charge in [0.15, 0.2) is 0 Å². The first-order valence-corrected chi connectivity index (χ1v) is 15.6. The van der Waals surface area contributed by atoms with Crippen molar-refractivity contribution in [1.82, 2.24) is 15.3 Å². The predicted molar refractivity (Wildman–Crippen MR) is 153 cm³/mol. The maximum absolute atomic E-state index is 12.9. The van der Waals surface area contributed by atoms with E-state index in [4.69, 9.17) is 9.68 Å². The van der Waals surface area contributed by atoms with Crippen molar-refractivity contribution in [3.05, 3.63) is 54.4 Å². The highest BCUT2D eigenvalue weighted by Gasteiger charge is 2.45. The Hall–Kier alpha value is -3.72. The zero-order valence-electron chi connectivity index (χ0n) is 23.0. The summed E-state index contributed by atoms with van der Waals surface area (Å²) in [4.78, 5) is 22.1. The fraction of sp³-hybridized carbons (Fsp3) is 0.467. The molecule has 0 bridgehead atoms. The van der Waals surface area contributed by atoms with E-state index in [1.165, 1.54) is 12.7 Å². The van der Waals surface area contributed by atoms with Crippen molar-refractivity contribution in [2.24, 2.45) is 5.92 Å². The number of hydrogen-bond donors (Lipinski definition) is 1. The van der Waals surface area contributed by atoms with E-state index in [1.54, 1.807) is 0 Å². The zero-order valence-corrected chi connectivity index (χ0v) is 23.8. The molecular weight excluding hydrogens is 567 g/mol. The molecule has 1 amide bonds. The Bertz CT molecular complexity index is 1450. The van der Waals surface area contributed by atoms with Crippen LogP contribution < -0.4 is 10.2 Å². The van der Waals surface area contributed by atoms with E-state index in [0.717, 1.165) is 81.2 Å². The van der Waals surface area contributed by atoms with E-state index in [9.17, 15) is 22.2 Å². The molecule has 0 atom stereocenters. The number of nitrogens with zero attached hydrogens (tertiary/aromatic N) is 4. The lowest BCUT2D eigenvalue weighted by molar-refractivity contribution is -0.137. The number of nitriles is 1. The third-order valence-corrected chi connectivity index (χ3v) is 9.09. The van der Waals surface area contributed by atoms with Crippen LogP contribution in [-0.2, 0) is 21.8 Å². The van der Waals surface area contributed by atoms with E-state index >= 15 is 0 Å². The van der Waals surface area contributed by atoms with Gasteiger partial charge in [0.1, 0.15) is 23.2 Å². The molecule has 0 spiro atoms. The number of anilines is 1. The van der Waals surface area contributed by atoms with Crippen molar-refractivity contribution in [1.29, 1.82) is 5.26 Å². The van der Waals surface area contributed by atoms with Crippen molar-refractivity contribution >= 4 is 22.4 Å². The number of rotatable bonds is 5. The van der Waals surface area contributed by atoms with Gasteiger partial charge in [0.2, 0.25) is 11.8 Å². The number of aromatic nitrogens is 2. The van der Waals surface area contributed by atoms with Gasteiger partial charge >= 0.3 is 6.18 Å². The molecule has 0 unspecified atom stereocenters. The number of alkyl halides is 3. The quantitative estimate of drug-likeness (QED) is 0.399. The highest BCUT2D eigenvalue weighted by Crippen LogP contribution is 2.36. The molecule has 42 heavy (non-hydrogen) atoms. The summed E-state index contributed by atoms with van der Waals surface area (Å²) in [5.41, 5.74) is 1.08. The molecule has 1 N–H and O–H groups in total. The van der Waals surface area contributed by atoms with Gasteiger partial charge < -0.3 is 14.6 Å². The van der Waals surface area contributed by atoms with Crippen LogP contribution in [-0.4, -0.2) is 50.2 Å². The van der Waals surface area contributed by atoms with Gasteiger partial charge in [-0.15, -0.1) is 0 Å². The van der Waals surface area contributed by atoms with E-state index in [2.05, 4.69) is 26.3 Å². The average Bonchev–Trinajstić information content (AvgIpc) is 3.60. The number of pyridine rings is 1. The minimum absolute atomic E-state index is 0.0269.